The summed E-state index contributed by atoms with van der Waals surface area (Å²) in [6.45, 7) is 4.92. The molecule has 148 valence electrons. The van der Waals surface area contributed by atoms with Crippen molar-refractivity contribution in [3.05, 3.63) is 29.3 Å². The van der Waals surface area contributed by atoms with Crippen LogP contribution in [0.15, 0.2) is 18.2 Å². The predicted octanol–water partition coefficient (Wildman–Crippen LogP) is 5.93. The zero-order chi connectivity index (χ0) is 19.4. The molecule has 0 N–H and O–H groups in total. The summed E-state index contributed by atoms with van der Waals surface area (Å²) in [5.74, 6) is 1.41. The number of anilines is 1. The Morgan fingerprint density at radius 3 is 2.63 bits per heavy atom. The molecule has 1 fully saturated rings. The number of aryl methyl sites for hydroxylation is 1. The van der Waals surface area contributed by atoms with Gasteiger partial charge >= 0.3 is 0 Å². The number of rotatable bonds is 6. The van der Waals surface area contributed by atoms with Gasteiger partial charge in [0.25, 0.3) is 0 Å². The smallest absolute Gasteiger partial charge is 0.230 e. The van der Waals surface area contributed by atoms with Gasteiger partial charge in [-0.25, -0.2) is 0 Å². The Bertz CT molecular complexity index is 677. The van der Waals surface area contributed by atoms with Crippen LogP contribution >= 0.6 is 15.9 Å². The monoisotopic (exact) mass is 433 g/mol. The number of fused-ring (bicyclic) bond motifs is 1. The van der Waals surface area contributed by atoms with E-state index in [1.807, 2.05) is 30.0 Å². The highest BCUT2D eigenvalue weighted by Crippen LogP contribution is 2.36. The Morgan fingerprint density at radius 1 is 1.22 bits per heavy atom. The molecule has 1 heterocycles. The molecule has 1 aliphatic carbocycles. The molecule has 1 aliphatic heterocycles. The first-order valence-corrected chi connectivity index (χ1v) is 11.6. The van der Waals surface area contributed by atoms with Crippen molar-refractivity contribution in [3.63, 3.8) is 0 Å². The zero-order valence-corrected chi connectivity index (χ0v) is 18.3. The molecule has 0 aromatic heterocycles. The highest BCUT2D eigenvalue weighted by atomic mass is 79.9. The molecule has 2 aliphatic rings. The molecule has 3 nitrogen and oxygen atoms in total. The van der Waals surface area contributed by atoms with E-state index in [1.165, 1.54) is 32.1 Å². The topological polar surface area (TPSA) is 37.4 Å². The number of benzene rings is 1. The van der Waals surface area contributed by atoms with Gasteiger partial charge in [0, 0.05) is 23.7 Å². The summed E-state index contributed by atoms with van der Waals surface area (Å²) in [5.41, 5.74) is 2.91. The second-order valence-electron chi connectivity index (χ2n) is 8.28. The van der Waals surface area contributed by atoms with Gasteiger partial charge in [-0.1, -0.05) is 42.1 Å². The number of Topliss-reactive ketones (excluding diaryl/α,β-unsaturated/α-hetero) is 1. The van der Waals surface area contributed by atoms with Crippen LogP contribution in [0, 0.1) is 11.8 Å². The van der Waals surface area contributed by atoms with Gasteiger partial charge in [-0.15, -0.1) is 0 Å². The van der Waals surface area contributed by atoms with Gasteiger partial charge in [0.05, 0.1) is 4.83 Å². The number of halogens is 1. The number of carbonyl (C=O) groups excluding carboxylic acids is 2. The molecule has 0 spiro atoms. The van der Waals surface area contributed by atoms with E-state index in [1.54, 1.807) is 0 Å². The number of ketones is 1. The van der Waals surface area contributed by atoms with Crippen LogP contribution in [0.5, 0.6) is 0 Å². The van der Waals surface area contributed by atoms with Gasteiger partial charge in [-0.3, -0.25) is 9.59 Å². The Balaban J connectivity index is 1.68. The minimum absolute atomic E-state index is 0.103. The fraction of sp³-hybridized carbons (Fsp3) is 0.652. The quantitative estimate of drug-likeness (QED) is 0.411. The summed E-state index contributed by atoms with van der Waals surface area (Å²) >= 11 is 3.37. The van der Waals surface area contributed by atoms with Crippen molar-refractivity contribution in [2.24, 2.45) is 11.8 Å². The van der Waals surface area contributed by atoms with E-state index in [0.29, 0.717) is 5.91 Å². The summed E-state index contributed by atoms with van der Waals surface area (Å²) in [6, 6.07) is 5.87. The Kier molecular flexibility index (Phi) is 7.13. The molecule has 0 radical (unpaired) electrons. The van der Waals surface area contributed by atoms with Crippen molar-refractivity contribution < 1.29 is 9.59 Å². The molecule has 1 unspecified atom stereocenters. The number of alkyl halides is 1. The van der Waals surface area contributed by atoms with E-state index in [2.05, 4.69) is 22.9 Å². The lowest BCUT2D eigenvalue weighted by Gasteiger charge is -2.35. The lowest BCUT2D eigenvalue weighted by atomic mass is 9.79. The van der Waals surface area contributed by atoms with Crippen molar-refractivity contribution in [1.29, 1.82) is 0 Å². The minimum Gasteiger partial charge on any atom is -0.312 e. The van der Waals surface area contributed by atoms with Crippen molar-refractivity contribution in [2.45, 2.75) is 76.5 Å². The molecule has 27 heavy (non-hydrogen) atoms. The molecule has 0 bridgehead atoms. The van der Waals surface area contributed by atoms with Gasteiger partial charge in [0.2, 0.25) is 5.91 Å². The van der Waals surface area contributed by atoms with Gasteiger partial charge in [0.15, 0.2) is 5.78 Å². The second kappa shape index (κ2) is 9.36. The molecule has 1 saturated carbocycles. The number of carbonyl (C=O) groups is 2. The highest BCUT2D eigenvalue weighted by molar-refractivity contribution is 9.10. The first-order chi connectivity index (χ1) is 13.0. The first kappa shape index (κ1) is 20.6. The lowest BCUT2D eigenvalue weighted by molar-refractivity contribution is -0.123. The third-order valence-electron chi connectivity index (χ3n) is 6.27. The number of hydrogen-bond donors (Lipinski definition) is 0. The van der Waals surface area contributed by atoms with Crippen LogP contribution in [0.2, 0.25) is 0 Å². The minimum atomic E-state index is -0.181. The van der Waals surface area contributed by atoms with E-state index < -0.39 is 0 Å². The Labute approximate surface area is 172 Å². The van der Waals surface area contributed by atoms with Crippen molar-refractivity contribution >= 4 is 33.3 Å². The molecule has 0 saturated heterocycles. The molecular formula is C23H32BrNO2. The fourth-order valence-corrected chi connectivity index (χ4v) is 4.88. The van der Waals surface area contributed by atoms with Crippen LogP contribution in [0.4, 0.5) is 5.69 Å². The third-order valence-corrected chi connectivity index (χ3v) is 6.69. The van der Waals surface area contributed by atoms with Crippen LogP contribution < -0.4 is 4.90 Å². The largest absolute Gasteiger partial charge is 0.312 e. The highest BCUT2D eigenvalue weighted by Gasteiger charge is 2.32. The van der Waals surface area contributed by atoms with E-state index in [9.17, 15) is 9.59 Å². The molecule has 1 atom stereocenters. The SMILES string of the molecule is CCCCC1CCC(C(=O)N2CCCc3cc(C(=O)C(C)Br)ccc32)CC1. The van der Waals surface area contributed by atoms with Crippen LogP contribution in [-0.2, 0) is 11.2 Å². The molecule has 1 amide bonds. The average Bonchev–Trinajstić information content (AvgIpc) is 2.70. The number of nitrogens with zero attached hydrogens (tertiary/aromatic N) is 1. The van der Waals surface area contributed by atoms with E-state index in [0.717, 1.165) is 55.0 Å². The first-order valence-electron chi connectivity index (χ1n) is 10.6. The van der Waals surface area contributed by atoms with Crippen LogP contribution in [-0.4, -0.2) is 23.1 Å². The second-order valence-corrected chi connectivity index (χ2v) is 9.65. The van der Waals surface area contributed by atoms with Gasteiger partial charge in [-0.2, -0.15) is 0 Å². The summed E-state index contributed by atoms with van der Waals surface area (Å²) in [7, 11) is 0. The average molecular weight is 434 g/mol. The number of amides is 1. The molecule has 3 rings (SSSR count). The van der Waals surface area contributed by atoms with E-state index in [4.69, 9.17) is 0 Å². The normalized spacial score (nSPS) is 23.6. The maximum Gasteiger partial charge on any atom is 0.230 e. The zero-order valence-electron chi connectivity index (χ0n) is 16.7. The maximum atomic E-state index is 13.2. The molecule has 1 aromatic rings. The summed E-state index contributed by atoms with van der Waals surface area (Å²) in [4.78, 5) is 27.3. The molecule has 4 heteroatoms. The van der Waals surface area contributed by atoms with Gasteiger partial charge < -0.3 is 4.90 Å². The van der Waals surface area contributed by atoms with E-state index >= 15 is 0 Å². The van der Waals surface area contributed by atoms with Crippen LogP contribution in [0.3, 0.4) is 0 Å². The van der Waals surface area contributed by atoms with Crippen molar-refractivity contribution in [3.8, 4) is 0 Å². The summed E-state index contributed by atoms with van der Waals surface area (Å²) in [6.07, 6.45) is 10.3. The predicted molar refractivity (Wildman–Crippen MR) is 115 cm³/mol. The summed E-state index contributed by atoms with van der Waals surface area (Å²) < 4.78 is 0. The van der Waals surface area contributed by atoms with Gasteiger partial charge in [0.1, 0.15) is 0 Å². The van der Waals surface area contributed by atoms with E-state index in [-0.39, 0.29) is 16.5 Å². The summed E-state index contributed by atoms with van der Waals surface area (Å²) in [5, 5.41) is 0. The maximum absolute atomic E-state index is 13.2. The number of hydrogen-bond acceptors (Lipinski definition) is 2. The van der Waals surface area contributed by atoms with Crippen LogP contribution in [0.25, 0.3) is 0 Å². The lowest BCUT2D eigenvalue weighted by Crippen LogP contribution is -2.41. The van der Waals surface area contributed by atoms with Crippen LogP contribution in [0.1, 0.15) is 81.1 Å². The third kappa shape index (κ3) is 4.82. The number of unbranched alkanes of at least 4 members (excludes halogenated alkanes) is 1. The Morgan fingerprint density at radius 2 is 1.96 bits per heavy atom. The van der Waals surface area contributed by atoms with Crippen molar-refractivity contribution in [2.75, 3.05) is 11.4 Å². The van der Waals surface area contributed by atoms with Gasteiger partial charge in [-0.05, 0) is 75.1 Å². The standard InChI is InChI=1S/C23H32BrNO2/c1-3-4-6-17-8-10-18(11-9-17)23(27)25-14-5-7-19-15-20(12-13-21(19)25)22(26)16(2)24/h12-13,15-18H,3-11,14H2,1-2H3. The molecular weight excluding hydrogens is 402 g/mol. The Hall–Kier alpha value is -1.16. The fourth-order valence-electron chi connectivity index (χ4n) is 4.62. The van der Waals surface area contributed by atoms with Crippen molar-refractivity contribution in [1.82, 2.24) is 0 Å². The molecule has 1 aromatic carbocycles.